The summed E-state index contributed by atoms with van der Waals surface area (Å²) in [5.41, 5.74) is 9.73. The zero-order valence-corrected chi connectivity index (χ0v) is 54.2. The van der Waals surface area contributed by atoms with Crippen molar-refractivity contribution in [3.8, 4) is 0 Å². The minimum Gasteiger partial charge on any atom is -0.453 e. The smallest absolute Gasteiger partial charge is 0.453 e. The predicted octanol–water partition coefficient (Wildman–Crippen LogP) is 2.63. The Morgan fingerprint density at radius 3 is 1.24 bits per heavy atom. The number of esters is 1. The summed E-state index contributed by atoms with van der Waals surface area (Å²) in [5, 5.41) is 67.0. The normalized spacial score (nSPS) is 15.0. The summed E-state index contributed by atoms with van der Waals surface area (Å²) in [6, 6.07) is -3.48. The standard InChI is InChI=1S/C17H24I3N3O8.C16H20B2I3N3O6.C5H7ClO3.CH4.HI/c1-6(28)15(23-31)9-12(18)10(16(29)21-7(2-24)3-25)14(20)11(13(9)19)17(30)22-8(4-26)5-27;1-17-27-3-7(4-28-17)23-15(25)9-11(19)10(13(21)14(22)12(9)20)16(26)24-8-5-29-18(2)30-6-8;1-3(5(6)8)9-4(2)7;;/h6-8,15,23-28,31H,2-5H2,1H3,(H,21,29)(H,22,30);7-8H,3-6,22H2,1-2H3,(H,23,25)(H,24,26);3H,1-2H3;1H4;1H/t6-,15?;;3-;;/m0.0../s1. The molecule has 2 heterocycles. The zero-order valence-electron chi connectivity index (χ0n) is 38.2. The number of aliphatic hydroxyl groups is 5. The Labute approximate surface area is 520 Å². The molecule has 23 nitrogen and oxygen atoms in total. The van der Waals surface area contributed by atoms with Gasteiger partial charge in [0, 0.05) is 26.8 Å². The van der Waals surface area contributed by atoms with E-state index in [4.69, 9.17) is 36.0 Å². The molecule has 0 bridgehead atoms. The fourth-order valence-corrected chi connectivity index (χ4v) is 14.8. The van der Waals surface area contributed by atoms with E-state index >= 15 is 0 Å². The van der Waals surface area contributed by atoms with E-state index in [9.17, 15) is 59.5 Å². The van der Waals surface area contributed by atoms with Crippen molar-refractivity contribution in [3.63, 3.8) is 0 Å². The molecule has 4 rings (SSSR count). The van der Waals surface area contributed by atoms with Gasteiger partial charge < -0.3 is 81.1 Å². The molecule has 13 N–H and O–H groups in total. The average molecular weight is 1830 g/mol. The summed E-state index contributed by atoms with van der Waals surface area (Å²) >= 11 is 16.6. The second-order valence-electron chi connectivity index (χ2n) is 15.0. The van der Waals surface area contributed by atoms with Gasteiger partial charge in [-0.3, -0.25) is 28.8 Å². The first-order valence-corrected chi connectivity index (χ1v) is 27.4. The fraction of sp³-hybridized carbons (Fsp3) is 0.538. The minimum absolute atomic E-state index is 0. The summed E-state index contributed by atoms with van der Waals surface area (Å²) < 4.78 is 28.7. The highest BCUT2D eigenvalue weighted by atomic mass is 127. The molecule has 33 heteroatoms. The van der Waals surface area contributed by atoms with E-state index in [1.807, 2.05) is 141 Å². The van der Waals surface area contributed by atoms with Crippen molar-refractivity contribution in [1.29, 1.82) is 0 Å². The first kappa shape index (κ1) is 72.3. The second-order valence-corrected chi connectivity index (χ2v) is 21.8. The Hall–Kier alpha value is 0.350. The highest BCUT2D eigenvalue weighted by Gasteiger charge is 2.35. The molecule has 72 heavy (non-hydrogen) atoms. The van der Waals surface area contributed by atoms with Crippen LogP contribution in [-0.4, -0.2) is 169 Å². The molecule has 0 radical (unpaired) electrons. The van der Waals surface area contributed by atoms with Crippen LogP contribution in [0, 0.1) is 21.4 Å². The summed E-state index contributed by atoms with van der Waals surface area (Å²) in [5.74, 6) is -2.53. The lowest BCUT2D eigenvalue weighted by Gasteiger charge is -2.28. The second kappa shape index (κ2) is 35.8. The van der Waals surface area contributed by atoms with Crippen molar-refractivity contribution in [2.45, 2.75) is 84.3 Å². The topological polar surface area (TPSA) is 356 Å². The Balaban J connectivity index is 0.00000117. The number of anilines is 1. The number of hydrogen-bond donors (Lipinski definition) is 12. The van der Waals surface area contributed by atoms with E-state index in [0.29, 0.717) is 61.1 Å². The molecular weight excluding hydrogens is 1770 g/mol. The number of aliphatic hydroxyl groups excluding tert-OH is 5. The average Bonchev–Trinajstić information content (AvgIpc) is 3.29. The maximum atomic E-state index is 13.0. The lowest BCUT2D eigenvalue weighted by Crippen LogP contribution is -2.49. The fourth-order valence-electron chi connectivity index (χ4n) is 5.84. The molecule has 4 amide bonds. The van der Waals surface area contributed by atoms with Crippen molar-refractivity contribution in [1.82, 2.24) is 26.7 Å². The predicted molar refractivity (Wildman–Crippen MR) is 328 cm³/mol. The quantitative estimate of drug-likeness (QED) is 0.0270. The number of hydrogen-bond acceptors (Lipinski definition) is 19. The van der Waals surface area contributed by atoms with Gasteiger partial charge in [-0.1, -0.05) is 7.43 Å². The monoisotopic (exact) mass is 1830 g/mol. The molecule has 0 aliphatic carbocycles. The molecule has 3 atom stereocenters. The van der Waals surface area contributed by atoms with Gasteiger partial charge in [0.1, 0.15) is 0 Å². The molecule has 2 aliphatic rings. The number of carbonyl (C=O) groups is 6. The summed E-state index contributed by atoms with van der Waals surface area (Å²) in [6.07, 6.45) is -1.94. The van der Waals surface area contributed by atoms with Gasteiger partial charge in [-0.25, -0.2) is 0 Å². The molecule has 0 aromatic heterocycles. The van der Waals surface area contributed by atoms with Crippen LogP contribution in [0.1, 0.15) is 81.2 Å². The van der Waals surface area contributed by atoms with E-state index in [1.54, 1.807) is 13.6 Å². The number of benzene rings is 2. The number of carbonyl (C=O) groups excluding carboxylic acids is 6. The summed E-state index contributed by atoms with van der Waals surface area (Å²) in [6.45, 7) is 7.03. The van der Waals surface area contributed by atoms with Crippen LogP contribution in [0.5, 0.6) is 0 Å². The van der Waals surface area contributed by atoms with Crippen LogP contribution in [0.15, 0.2) is 0 Å². The van der Waals surface area contributed by atoms with Gasteiger partial charge >= 0.3 is 20.2 Å². The highest BCUT2D eigenvalue weighted by molar-refractivity contribution is 14.1. The number of nitrogens with two attached hydrogens (primary N) is 1. The summed E-state index contributed by atoms with van der Waals surface area (Å²) in [4.78, 5) is 72.3. The van der Waals surface area contributed by atoms with Gasteiger partial charge in [0.05, 0.1) is 124 Å². The Kier molecular flexibility index (Phi) is 35.9. The molecular formula is C39H56B2ClI7N6O17. The molecule has 2 aliphatic heterocycles. The van der Waals surface area contributed by atoms with Crippen LogP contribution in [-0.2, 0) is 32.9 Å². The van der Waals surface area contributed by atoms with Crippen molar-refractivity contribution in [2.24, 2.45) is 0 Å². The number of amides is 4. The van der Waals surface area contributed by atoms with Gasteiger partial charge in [-0.15, -0.1) is 24.0 Å². The SMILES string of the molecule is C.CB1OCC(NC(=O)c2c(I)c(N)c(I)c(C(=O)NC3COB(C)OC3)c2I)CO1.CC(=O)O[C@@H](C)C(=O)Cl.C[C@H](O)C(NO)c1c(I)c(C(=O)NC(CO)CO)c(I)c(C(=O)NC(CO)CO)c1I.I. The lowest BCUT2D eigenvalue weighted by molar-refractivity contribution is -0.149. The third kappa shape index (κ3) is 21.2. The largest absolute Gasteiger partial charge is 0.453 e. The maximum absolute atomic E-state index is 13.0. The minimum atomic E-state index is -1.11. The third-order valence-corrected chi connectivity index (χ3v) is 16.5. The van der Waals surface area contributed by atoms with Gasteiger partial charge in [-0.05, 0) is 175 Å². The van der Waals surface area contributed by atoms with E-state index in [2.05, 4.69) is 26.0 Å². The molecule has 2 aromatic rings. The third-order valence-electron chi connectivity index (χ3n) is 9.56. The number of halogens is 8. The lowest BCUT2D eigenvalue weighted by atomic mass is 9.93. The summed E-state index contributed by atoms with van der Waals surface area (Å²) in [7, 11) is -0.586. The number of nitrogen functional groups attached to an aromatic ring is 1. The first-order valence-electron chi connectivity index (χ1n) is 20.5. The van der Waals surface area contributed by atoms with Crippen LogP contribution in [0.3, 0.4) is 0 Å². The van der Waals surface area contributed by atoms with Crippen molar-refractivity contribution in [2.75, 3.05) is 58.6 Å². The van der Waals surface area contributed by atoms with Gasteiger partial charge in [0.2, 0.25) is 0 Å². The van der Waals surface area contributed by atoms with Gasteiger partial charge in [0.15, 0.2) is 6.10 Å². The number of hydroxylamine groups is 1. The van der Waals surface area contributed by atoms with Crippen LogP contribution in [0.25, 0.3) is 0 Å². The van der Waals surface area contributed by atoms with Crippen LogP contribution in [0.2, 0.25) is 13.6 Å². The van der Waals surface area contributed by atoms with Crippen LogP contribution >= 0.6 is 171 Å². The van der Waals surface area contributed by atoms with Crippen molar-refractivity contribution >= 4 is 226 Å². The Morgan fingerprint density at radius 2 is 0.986 bits per heavy atom. The van der Waals surface area contributed by atoms with Gasteiger partial charge in [-0.2, -0.15) is 5.48 Å². The molecule has 0 spiro atoms. The molecule has 406 valence electrons. The van der Waals surface area contributed by atoms with E-state index in [0.717, 1.165) is 0 Å². The highest BCUT2D eigenvalue weighted by Crippen LogP contribution is 2.37. The zero-order chi connectivity index (χ0) is 53.3. The van der Waals surface area contributed by atoms with Crippen molar-refractivity contribution < 1.29 is 82.9 Å². The van der Waals surface area contributed by atoms with E-state index in [-0.39, 0.29) is 89.8 Å². The van der Waals surface area contributed by atoms with E-state index < -0.39 is 79.8 Å². The molecule has 2 saturated heterocycles. The number of nitrogens with one attached hydrogen (secondary N) is 5. The van der Waals surface area contributed by atoms with Crippen LogP contribution in [0.4, 0.5) is 5.69 Å². The molecule has 2 fully saturated rings. The van der Waals surface area contributed by atoms with Gasteiger partial charge in [0.25, 0.3) is 28.9 Å². The Bertz CT molecular complexity index is 2060. The molecule has 0 saturated carbocycles. The Morgan fingerprint density at radius 1 is 0.667 bits per heavy atom. The van der Waals surface area contributed by atoms with Crippen LogP contribution < -0.4 is 32.5 Å². The molecule has 2 aromatic carbocycles. The number of rotatable bonds is 17. The van der Waals surface area contributed by atoms with Crippen molar-refractivity contribution in [3.05, 3.63) is 49.2 Å². The maximum Gasteiger partial charge on any atom is 0.453 e. The van der Waals surface area contributed by atoms with E-state index in [1.165, 1.54) is 20.8 Å². The molecule has 1 unspecified atom stereocenters. The first-order chi connectivity index (χ1) is 32.8. The number of ether oxygens (including phenoxy) is 1.